The van der Waals surface area contributed by atoms with Gasteiger partial charge in [0.15, 0.2) is 5.78 Å². The third-order valence-corrected chi connectivity index (χ3v) is 9.00. The summed E-state index contributed by atoms with van der Waals surface area (Å²) in [5.74, 6) is -1.12. The van der Waals surface area contributed by atoms with Gasteiger partial charge >= 0.3 is 0 Å². The monoisotopic (exact) mass is 498 g/mol. The van der Waals surface area contributed by atoms with Crippen LogP contribution in [0.25, 0.3) is 0 Å². The van der Waals surface area contributed by atoms with Gasteiger partial charge in [-0.15, -0.1) is 0 Å². The van der Waals surface area contributed by atoms with E-state index in [4.69, 9.17) is 0 Å². The molecule has 198 valence electrons. The van der Waals surface area contributed by atoms with Crippen LogP contribution in [0.5, 0.6) is 0 Å². The molecule has 0 radical (unpaired) electrons. The first-order valence-electron chi connectivity index (χ1n) is 13.9. The van der Waals surface area contributed by atoms with Crippen molar-refractivity contribution in [3.05, 3.63) is 35.1 Å². The molecule has 2 amide bonds. The lowest BCUT2D eigenvalue weighted by Crippen LogP contribution is -2.54. The molecule has 1 aromatic rings. The highest BCUT2D eigenvalue weighted by atomic mass is 19.1. The largest absolute Gasteiger partial charge is 0.342 e. The van der Waals surface area contributed by atoms with Crippen LogP contribution in [0.3, 0.4) is 0 Å². The van der Waals surface area contributed by atoms with Crippen molar-refractivity contribution in [1.82, 2.24) is 10.2 Å². The summed E-state index contributed by atoms with van der Waals surface area (Å²) in [6.45, 7) is 10.4. The summed E-state index contributed by atoms with van der Waals surface area (Å²) < 4.78 is 15.9. The van der Waals surface area contributed by atoms with E-state index in [1.54, 1.807) is 12.1 Å². The number of halogens is 1. The number of nitrogens with one attached hydrogen (secondary N) is 1. The summed E-state index contributed by atoms with van der Waals surface area (Å²) in [6, 6.07) is 4.39. The van der Waals surface area contributed by atoms with Crippen molar-refractivity contribution in [3.63, 3.8) is 0 Å². The van der Waals surface area contributed by atoms with E-state index in [2.05, 4.69) is 19.2 Å². The predicted molar refractivity (Wildman–Crippen MR) is 139 cm³/mol. The van der Waals surface area contributed by atoms with Crippen molar-refractivity contribution >= 4 is 17.6 Å². The van der Waals surface area contributed by atoms with Gasteiger partial charge in [-0.2, -0.15) is 0 Å². The summed E-state index contributed by atoms with van der Waals surface area (Å²) in [4.78, 5) is 41.5. The van der Waals surface area contributed by atoms with Gasteiger partial charge in [-0.05, 0) is 69.9 Å². The second-order valence-electron chi connectivity index (χ2n) is 12.6. The molecule has 3 aliphatic rings. The molecular weight excluding hydrogens is 455 g/mol. The minimum absolute atomic E-state index is 0.0123. The van der Waals surface area contributed by atoms with Gasteiger partial charge in [0.2, 0.25) is 5.91 Å². The average Bonchev–Trinajstić information content (AvgIpc) is 3.60. The van der Waals surface area contributed by atoms with E-state index < -0.39 is 17.8 Å². The van der Waals surface area contributed by atoms with E-state index in [1.807, 2.05) is 25.7 Å². The maximum absolute atomic E-state index is 15.9. The Morgan fingerprint density at radius 2 is 1.67 bits per heavy atom. The van der Waals surface area contributed by atoms with E-state index >= 15 is 4.39 Å². The maximum atomic E-state index is 15.9. The van der Waals surface area contributed by atoms with Crippen LogP contribution < -0.4 is 5.32 Å². The van der Waals surface area contributed by atoms with E-state index in [0.717, 1.165) is 57.8 Å². The van der Waals surface area contributed by atoms with Crippen LogP contribution in [-0.4, -0.2) is 40.6 Å². The first kappa shape index (κ1) is 26.8. The van der Waals surface area contributed by atoms with Gasteiger partial charge in [0.1, 0.15) is 5.82 Å². The minimum Gasteiger partial charge on any atom is -0.342 e. The number of carbonyl (C=O) groups is 3. The molecule has 1 aromatic carbocycles. The number of piperidine rings is 1. The lowest BCUT2D eigenvalue weighted by Gasteiger charge is -2.47. The molecule has 1 N–H and O–H groups in total. The normalized spacial score (nSPS) is 24.3. The molecule has 2 saturated carbocycles. The molecule has 2 aliphatic carbocycles. The minimum atomic E-state index is -0.580. The average molecular weight is 499 g/mol. The highest BCUT2D eigenvalue weighted by Gasteiger charge is 2.51. The Morgan fingerprint density at radius 3 is 2.28 bits per heavy atom. The summed E-state index contributed by atoms with van der Waals surface area (Å²) in [6.07, 6.45) is 8.43. The summed E-state index contributed by atoms with van der Waals surface area (Å²) >= 11 is 0. The van der Waals surface area contributed by atoms with Crippen LogP contribution >= 0.6 is 0 Å². The van der Waals surface area contributed by atoms with E-state index in [0.29, 0.717) is 12.1 Å². The zero-order valence-electron chi connectivity index (χ0n) is 22.7. The topological polar surface area (TPSA) is 66.5 Å². The van der Waals surface area contributed by atoms with Crippen LogP contribution in [0.15, 0.2) is 18.2 Å². The molecule has 6 heteroatoms. The number of Topliss-reactive ketones (excluding diaryl/α,β-unsaturated/α-hetero) is 1. The van der Waals surface area contributed by atoms with E-state index in [9.17, 15) is 14.4 Å². The number of rotatable bonds is 7. The smallest absolute Gasteiger partial charge is 0.254 e. The van der Waals surface area contributed by atoms with Crippen LogP contribution in [0, 0.1) is 23.1 Å². The number of ketones is 1. The Morgan fingerprint density at radius 1 is 1.00 bits per heavy atom. The molecule has 1 heterocycles. The lowest BCUT2D eigenvalue weighted by atomic mass is 9.79. The SMILES string of the molecule is CC(C)C(=O)C(NC(=O)c1cccc(C2CCC(C)(C)N(C(=O)C3(C)CC3)C2)c1F)C1CCCCC1. The van der Waals surface area contributed by atoms with Gasteiger partial charge in [0, 0.05) is 29.3 Å². The summed E-state index contributed by atoms with van der Waals surface area (Å²) in [5, 5.41) is 2.93. The van der Waals surface area contributed by atoms with Crippen molar-refractivity contribution in [1.29, 1.82) is 0 Å². The number of carbonyl (C=O) groups excluding carboxylic acids is 3. The number of hydrogen-bond donors (Lipinski definition) is 1. The fourth-order valence-corrected chi connectivity index (χ4v) is 6.07. The molecule has 0 spiro atoms. The van der Waals surface area contributed by atoms with Crippen molar-refractivity contribution in [3.8, 4) is 0 Å². The molecule has 2 unspecified atom stereocenters. The highest BCUT2D eigenvalue weighted by Crippen LogP contribution is 2.49. The number of likely N-dealkylation sites (tertiary alicyclic amines) is 1. The van der Waals surface area contributed by atoms with Gasteiger partial charge in [-0.25, -0.2) is 4.39 Å². The van der Waals surface area contributed by atoms with Gasteiger partial charge in [-0.3, -0.25) is 14.4 Å². The second-order valence-corrected chi connectivity index (χ2v) is 12.6. The Balaban J connectivity index is 1.55. The molecule has 1 aliphatic heterocycles. The van der Waals surface area contributed by atoms with E-state index in [1.165, 1.54) is 6.07 Å². The molecule has 2 atom stereocenters. The lowest BCUT2D eigenvalue weighted by molar-refractivity contribution is -0.144. The summed E-state index contributed by atoms with van der Waals surface area (Å²) in [5.41, 5.74) is -0.0750. The third kappa shape index (κ3) is 5.38. The number of benzene rings is 1. The number of nitrogens with zero attached hydrogens (tertiary/aromatic N) is 1. The highest BCUT2D eigenvalue weighted by molar-refractivity contribution is 5.98. The molecule has 0 aromatic heterocycles. The van der Waals surface area contributed by atoms with Crippen molar-refractivity contribution < 1.29 is 18.8 Å². The van der Waals surface area contributed by atoms with Gasteiger partial charge < -0.3 is 10.2 Å². The molecule has 4 rings (SSSR count). The number of amides is 2. The molecule has 0 bridgehead atoms. The first-order valence-corrected chi connectivity index (χ1v) is 13.9. The Labute approximate surface area is 215 Å². The quantitative estimate of drug-likeness (QED) is 0.500. The molecule has 1 saturated heterocycles. The van der Waals surface area contributed by atoms with Crippen molar-refractivity contribution in [2.24, 2.45) is 17.3 Å². The fraction of sp³-hybridized carbons (Fsp3) is 0.700. The standard InChI is InChI=1S/C30H43FN2O3/c1-19(2)26(34)25(20-10-7-6-8-11-20)32-27(35)23-13-9-12-22(24(23)31)21-14-15-29(3,4)33(18-21)28(36)30(5)16-17-30/h9,12-13,19-21,25H,6-8,10-11,14-18H2,1-5H3,(H,32,35). The van der Waals surface area contributed by atoms with Gasteiger partial charge in [-0.1, -0.05) is 52.2 Å². The van der Waals surface area contributed by atoms with Crippen LogP contribution in [0.4, 0.5) is 4.39 Å². The van der Waals surface area contributed by atoms with Gasteiger partial charge in [0.25, 0.3) is 5.91 Å². The molecule has 3 fully saturated rings. The van der Waals surface area contributed by atoms with Gasteiger partial charge in [0.05, 0.1) is 11.6 Å². The van der Waals surface area contributed by atoms with E-state index in [-0.39, 0.29) is 46.0 Å². The fourth-order valence-electron chi connectivity index (χ4n) is 6.07. The molecule has 5 nitrogen and oxygen atoms in total. The zero-order valence-corrected chi connectivity index (χ0v) is 22.7. The van der Waals surface area contributed by atoms with Crippen LogP contribution in [-0.2, 0) is 9.59 Å². The Hall–Kier alpha value is -2.24. The predicted octanol–water partition coefficient (Wildman–Crippen LogP) is 6.01. The molecule has 36 heavy (non-hydrogen) atoms. The van der Waals surface area contributed by atoms with Crippen LogP contribution in [0.2, 0.25) is 0 Å². The van der Waals surface area contributed by atoms with Crippen molar-refractivity contribution in [2.75, 3.05) is 6.54 Å². The third-order valence-electron chi connectivity index (χ3n) is 9.00. The first-order chi connectivity index (χ1) is 16.9. The van der Waals surface area contributed by atoms with Crippen LogP contribution in [0.1, 0.15) is 114 Å². The Kier molecular flexibility index (Phi) is 7.64. The van der Waals surface area contributed by atoms with Crippen molar-refractivity contribution in [2.45, 2.75) is 110 Å². The molecular formula is C30H43FN2O3. The second kappa shape index (κ2) is 10.3. The zero-order chi connectivity index (χ0) is 26.3. The number of hydrogen-bond acceptors (Lipinski definition) is 3. The Bertz CT molecular complexity index is 1010. The maximum Gasteiger partial charge on any atom is 0.254 e. The summed E-state index contributed by atoms with van der Waals surface area (Å²) in [7, 11) is 0.